The Morgan fingerprint density at radius 1 is 0.600 bits per heavy atom. The van der Waals surface area contributed by atoms with Crippen LogP contribution in [0.25, 0.3) is 32.3 Å². The molecule has 0 aliphatic heterocycles. The predicted octanol–water partition coefficient (Wildman–Crippen LogP) is 8.40. The van der Waals surface area contributed by atoms with E-state index in [1.54, 1.807) is 11.6 Å². The minimum atomic E-state index is 0.350. The topological polar surface area (TPSA) is 33.1 Å². The highest BCUT2D eigenvalue weighted by Gasteiger charge is 2.23. The van der Waals surface area contributed by atoms with Gasteiger partial charge in [0.05, 0.1) is 0 Å². The summed E-state index contributed by atoms with van der Waals surface area (Å²) in [5.74, 6) is 0.857. The third-order valence-corrected chi connectivity index (χ3v) is 7.24. The quantitative estimate of drug-likeness (QED) is 0.254. The fourth-order valence-electron chi connectivity index (χ4n) is 5.56. The number of phenolic OH excluding ortho intramolecular Hbond substituents is 1. The van der Waals surface area contributed by atoms with Gasteiger partial charge in [0, 0.05) is 23.7 Å². The number of phenols is 1. The van der Waals surface area contributed by atoms with Crippen molar-refractivity contribution < 1.29 is 5.11 Å². The molecular weight excluding hydrogens is 426 g/mol. The smallest absolute Gasteiger partial charge is 0.123 e. The second-order valence-electron chi connectivity index (χ2n) is 9.24. The Morgan fingerprint density at radius 2 is 1.29 bits per heavy atom. The molecule has 7 rings (SSSR count). The lowest BCUT2D eigenvalue weighted by Gasteiger charge is -2.27. The molecule has 1 unspecified atom stereocenters. The Bertz CT molecular complexity index is 1630. The molecule has 1 aliphatic carbocycles. The first-order chi connectivity index (χ1) is 17.3. The first-order valence-corrected chi connectivity index (χ1v) is 12.3. The maximum Gasteiger partial charge on any atom is 0.123 e. The van der Waals surface area contributed by atoms with Crippen LogP contribution in [0, 0.1) is 0 Å². The zero-order chi connectivity index (χ0) is 23.6. The molecule has 170 valence electrons. The van der Waals surface area contributed by atoms with Crippen molar-refractivity contribution in [2.45, 2.75) is 25.2 Å². The second-order valence-corrected chi connectivity index (χ2v) is 9.24. The van der Waals surface area contributed by atoms with E-state index in [-0.39, 0.29) is 0 Å². The first kappa shape index (κ1) is 21.4. The lowest BCUT2D eigenvalue weighted by molar-refractivity contribution is 0.481. The van der Waals surface area contributed by atoms with Crippen LogP contribution in [0.3, 0.4) is 0 Å². The summed E-state index contributed by atoms with van der Waals surface area (Å²) < 4.78 is 0. The highest BCUT2D eigenvalue weighted by Crippen LogP contribution is 2.41. The number of nitrogens with zero attached hydrogens (tertiary/aromatic N) is 1. The monoisotopic (exact) mass is 453 g/mol. The second kappa shape index (κ2) is 9.23. The van der Waals surface area contributed by atoms with Gasteiger partial charge in [-0.2, -0.15) is 0 Å². The van der Waals surface area contributed by atoms with Crippen molar-refractivity contribution in [3.05, 3.63) is 132 Å². The number of aromatic nitrogens is 1. The molecule has 0 amide bonds. The van der Waals surface area contributed by atoms with Gasteiger partial charge in [0.25, 0.3) is 0 Å². The Balaban J connectivity index is 0.000000174. The molecule has 0 bridgehead atoms. The third kappa shape index (κ3) is 4.02. The van der Waals surface area contributed by atoms with Crippen LogP contribution in [0.1, 0.15) is 35.4 Å². The number of hydrogen-bond acceptors (Lipinski definition) is 2. The van der Waals surface area contributed by atoms with Crippen LogP contribution in [-0.2, 0) is 6.42 Å². The minimum Gasteiger partial charge on any atom is -0.507 e. The highest BCUT2D eigenvalue weighted by molar-refractivity contribution is 6.08. The summed E-state index contributed by atoms with van der Waals surface area (Å²) in [6.07, 6.45) is 7.50. The van der Waals surface area contributed by atoms with Crippen molar-refractivity contribution in [1.82, 2.24) is 4.98 Å². The molecule has 1 heterocycles. The van der Waals surface area contributed by atoms with Crippen molar-refractivity contribution in [2.75, 3.05) is 0 Å². The SMILES string of the molecule is Oc1cccc2ccccc12.c1ccc2c(c1)ccc1c3c(ccc12)C(c1ccncc1)CCC3. The number of hydrogen-bond donors (Lipinski definition) is 1. The maximum atomic E-state index is 9.37. The summed E-state index contributed by atoms with van der Waals surface area (Å²) in [6, 6.07) is 35.6. The molecule has 0 saturated carbocycles. The molecule has 0 radical (unpaired) electrons. The Labute approximate surface area is 205 Å². The van der Waals surface area contributed by atoms with Crippen molar-refractivity contribution in [3.63, 3.8) is 0 Å². The number of pyridine rings is 1. The number of aryl methyl sites for hydroxylation is 1. The Hall–Kier alpha value is -4.17. The summed E-state index contributed by atoms with van der Waals surface area (Å²) in [7, 11) is 0. The zero-order valence-electron chi connectivity index (χ0n) is 19.6. The number of fused-ring (bicyclic) bond motifs is 6. The zero-order valence-corrected chi connectivity index (χ0v) is 19.6. The molecule has 1 atom stereocenters. The van der Waals surface area contributed by atoms with E-state index in [1.807, 2.05) is 48.8 Å². The molecule has 5 aromatic carbocycles. The van der Waals surface area contributed by atoms with Crippen molar-refractivity contribution >= 4 is 32.3 Å². The summed E-state index contributed by atoms with van der Waals surface area (Å²) in [5.41, 5.74) is 4.45. The van der Waals surface area contributed by atoms with Gasteiger partial charge in [0.2, 0.25) is 0 Å². The predicted molar refractivity (Wildman–Crippen MR) is 146 cm³/mol. The average Bonchev–Trinajstić information content (AvgIpc) is 2.93. The van der Waals surface area contributed by atoms with Gasteiger partial charge in [0.1, 0.15) is 5.75 Å². The van der Waals surface area contributed by atoms with E-state index < -0.39 is 0 Å². The molecule has 2 heteroatoms. The fourth-order valence-corrected chi connectivity index (χ4v) is 5.56. The Morgan fingerprint density at radius 3 is 2.09 bits per heavy atom. The molecule has 0 saturated heterocycles. The first-order valence-electron chi connectivity index (χ1n) is 12.3. The summed E-state index contributed by atoms with van der Waals surface area (Å²) in [5, 5.41) is 16.9. The number of benzene rings is 5. The number of rotatable bonds is 1. The van der Waals surface area contributed by atoms with Crippen LogP contribution >= 0.6 is 0 Å². The number of aromatic hydroxyl groups is 1. The molecule has 1 aliphatic rings. The molecule has 0 fully saturated rings. The van der Waals surface area contributed by atoms with Crippen LogP contribution in [0.5, 0.6) is 5.75 Å². The van der Waals surface area contributed by atoms with Crippen LogP contribution in [0.15, 0.2) is 116 Å². The molecule has 6 aromatic rings. The van der Waals surface area contributed by atoms with Gasteiger partial charge in [-0.3, -0.25) is 4.98 Å². The lowest BCUT2D eigenvalue weighted by Crippen LogP contribution is -2.11. The molecule has 1 N–H and O–H groups in total. The highest BCUT2D eigenvalue weighted by atomic mass is 16.3. The van der Waals surface area contributed by atoms with E-state index in [9.17, 15) is 5.11 Å². The van der Waals surface area contributed by atoms with Gasteiger partial charge in [-0.25, -0.2) is 0 Å². The van der Waals surface area contributed by atoms with E-state index in [2.05, 4.69) is 65.6 Å². The largest absolute Gasteiger partial charge is 0.507 e. The van der Waals surface area contributed by atoms with E-state index in [0.29, 0.717) is 11.7 Å². The van der Waals surface area contributed by atoms with Crippen molar-refractivity contribution in [2.24, 2.45) is 0 Å². The molecule has 2 nitrogen and oxygen atoms in total. The third-order valence-electron chi connectivity index (χ3n) is 7.24. The van der Waals surface area contributed by atoms with Crippen LogP contribution < -0.4 is 0 Å². The van der Waals surface area contributed by atoms with E-state index in [0.717, 1.165) is 10.8 Å². The van der Waals surface area contributed by atoms with Gasteiger partial charge in [-0.15, -0.1) is 0 Å². The van der Waals surface area contributed by atoms with E-state index in [4.69, 9.17) is 0 Å². The van der Waals surface area contributed by atoms with Gasteiger partial charge in [-0.1, -0.05) is 84.9 Å². The van der Waals surface area contributed by atoms with Crippen LogP contribution in [0.4, 0.5) is 0 Å². The molecular formula is C33H27NO. The molecule has 0 spiro atoms. The van der Waals surface area contributed by atoms with Crippen LogP contribution in [0.2, 0.25) is 0 Å². The average molecular weight is 454 g/mol. The molecule has 35 heavy (non-hydrogen) atoms. The standard InChI is InChI=1S/C23H19N.C10H8O/c1-2-5-18-16(4-1)8-9-23-20-7-3-6-19(17-12-14-24-15-13-17)21(20)10-11-22(18)23;11-10-7-3-5-8-4-1-2-6-9(8)10/h1-2,4-5,8-15,19H,3,6-7H2;1-7,11H. The van der Waals surface area contributed by atoms with Gasteiger partial charge >= 0.3 is 0 Å². The lowest BCUT2D eigenvalue weighted by atomic mass is 9.77. The summed E-state index contributed by atoms with van der Waals surface area (Å²) in [6.45, 7) is 0. The van der Waals surface area contributed by atoms with Crippen molar-refractivity contribution in [3.8, 4) is 5.75 Å². The van der Waals surface area contributed by atoms with Crippen LogP contribution in [-0.4, -0.2) is 10.1 Å². The van der Waals surface area contributed by atoms with Crippen molar-refractivity contribution in [1.29, 1.82) is 0 Å². The molecule has 1 aromatic heterocycles. The minimum absolute atomic E-state index is 0.350. The maximum absolute atomic E-state index is 9.37. The van der Waals surface area contributed by atoms with E-state index in [1.165, 1.54) is 51.9 Å². The normalized spacial score (nSPS) is 14.9. The fraction of sp³-hybridized carbons (Fsp3) is 0.121. The van der Waals surface area contributed by atoms with Gasteiger partial charge < -0.3 is 5.11 Å². The summed E-state index contributed by atoms with van der Waals surface area (Å²) in [4.78, 5) is 4.18. The Kier molecular flexibility index (Phi) is 5.64. The van der Waals surface area contributed by atoms with E-state index >= 15 is 0 Å². The van der Waals surface area contributed by atoms with Gasteiger partial charge in [0.15, 0.2) is 0 Å². The summed E-state index contributed by atoms with van der Waals surface area (Å²) >= 11 is 0. The van der Waals surface area contributed by atoms with Gasteiger partial charge in [-0.05, 0) is 81.1 Å².